The molecular formula is C19H14IN3O3S. The van der Waals surface area contributed by atoms with E-state index in [0.717, 1.165) is 22.2 Å². The molecule has 0 fully saturated rings. The van der Waals surface area contributed by atoms with Gasteiger partial charge in [-0.1, -0.05) is 12.1 Å². The van der Waals surface area contributed by atoms with Gasteiger partial charge in [0.15, 0.2) is 0 Å². The van der Waals surface area contributed by atoms with Gasteiger partial charge >= 0.3 is 5.97 Å². The van der Waals surface area contributed by atoms with E-state index >= 15 is 0 Å². The van der Waals surface area contributed by atoms with Crippen molar-refractivity contribution in [3.63, 3.8) is 0 Å². The molecule has 0 unspecified atom stereocenters. The molecular weight excluding hydrogens is 477 g/mol. The van der Waals surface area contributed by atoms with Gasteiger partial charge in [-0.2, -0.15) is 5.10 Å². The Labute approximate surface area is 171 Å². The molecule has 0 bridgehead atoms. The number of hydrogen-bond donors (Lipinski definition) is 1. The van der Waals surface area contributed by atoms with Crippen LogP contribution in [0.3, 0.4) is 0 Å². The van der Waals surface area contributed by atoms with E-state index in [-0.39, 0.29) is 0 Å². The van der Waals surface area contributed by atoms with Gasteiger partial charge in [-0.05, 0) is 36.4 Å². The van der Waals surface area contributed by atoms with Crippen molar-refractivity contribution in [1.29, 1.82) is 0 Å². The van der Waals surface area contributed by atoms with Crippen LogP contribution in [0.4, 0.5) is 0 Å². The number of nitrogens with zero attached hydrogens (tertiary/aromatic N) is 2. The van der Waals surface area contributed by atoms with E-state index in [4.69, 9.17) is 9.47 Å². The van der Waals surface area contributed by atoms with Crippen LogP contribution in [0, 0.1) is 0 Å². The van der Waals surface area contributed by atoms with Gasteiger partial charge in [0.1, 0.15) is 17.1 Å². The highest BCUT2D eigenvalue weighted by Gasteiger charge is 2.20. The quantitative estimate of drug-likeness (QED) is 0.297. The zero-order chi connectivity index (χ0) is 18.8. The van der Waals surface area contributed by atoms with E-state index in [1.54, 1.807) is 12.3 Å². The Bertz CT molecular complexity index is 1110. The van der Waals surface area contributed by atoms with E-state index in [2.05, 4.69) is 31.4 Å². The second kappa shape index (κ2) is 7.65. The Hall–Kier alpha value is -2.46. The number of H-pyrrole nitrogens is 1. The topological polar surface area (TPSA) is 69.1 Å². The summed E-state index contributed by atoms with van der Waals surface area (Å²) in [5.74, 6) is 0.637. The van der Waals surface area contributed by atoms with Gasteiger partial charge in [0.2, 0.25) is 0 Å². The van der Waals surface area contributed by atoms with Crippen molar-refractivity contribution in [2.24, 2.45) is 0 Å². The maximum Gasteiger partial charge on any atom is 0.342 e. The number of aromatic nitrogens is 3. The van der Waals surface area contributed by atoms with Crippen LogP contribution < -0.4 is 4.74 Å². The van der Waals surface area contributed by atoms with Crippen LogP contribution in [0.5, 0.6) is 11.5 Å². The van der Waals surface area contributed by atoms with Gasteiger partial charge < -0.3 is 9.47 Å². The molecule has 0 amide bonds. The van der Waals surface area contributed by atoms with Crippen molar-refractivity contribution in [2.75, 3.05) is 7.11 Å². The number of ether oxygens (including phenoxy) is 2. The monoisotopic (exact) mass is 491 g/mol. The lowest BCUT2D eigenvalue weighted by Crippen LogP contribution is -2.04. The number of carbonyl (C=O) groups excluding carboxylic acids is 1. The van der Waals surface area contributed by atoms with Crippen LogP contribution in [-0.2, 0) is 4.74 Å². The molecule has 0 spiro atoms. The lowest BCUT2D eigenvalue weighted by atomic mass is 10.1. The van der Waals surface area contributed by atoms with Gasteiger partial charge in [-0.3, -0.25) is 9.07 Å². The Balaban J connectivity index is 1.78. The normalized spacial score (nSPS) is 10.9. The molecule has 0 aliphatic carbocycles. The fraction of sp³-hybridized carbons (Fsp3) is 0.0526. The van der Waals surface area contributed by atoms with Gasteiger partial charge in [-0.15, -0.1) is 0 Å². The van der Waals surface area contributed by atoms with Crippen molar-refractivity contribution in [3.8, 4) is 22.8 Å². The summed E-state index contributed by atoms with van der Waals surface area (Å²) in [4.78, 5) is 12.5. The third-order valence-electron chi connectivity index (χ3n) is 4.14. The van der Waals surface area contributed by atoms with E-state index < -0.39 is 5.97 Å². The van der Waals surface area contributed by atoms with Crippen molar-refractivity contribution in [2.45, 2.75) is 0 Å². The molecule has 2 aromatic carbocycles. The fourth-order valence-electron chi connectivity index (χ4n) is 2.90. The maximum absolute atomic E-state index is 12.5. The molecule has 27 heavy (non-hydrogen) atoms. The van der Waals surface area contributed by atoms with Crippen molar-refractivity contribution >= 4 is 47.2 Å². The van der Waals surface area contributed by atoms with Gasteiger partial charge in [0.05, 0.1) is 18.3 Å². The van der Waals surface area contributed by atoms with Gasteiger partial charge in [-0.25, -0.2) is 4.79 Å². The van der Waals surface area contributed by atoms with E-state index in [9.17, 15) is 4.79 Å². The molecule has 0 saturated carbocycles. The van der Waals surface area contributed by atoms with Crippen molar-refractivity contribution in [1.82, 2.24) is 14.2 Å². The molecule has 8 heteroatoms. The minimum Gasteiger partial charge on any atom is -0.465 e. The van der Waals surface area contributed by atoms with Crippen LogP contribution in [0.15, 0.2) is 60.9 Å². The van der Waals surface area contributed by atoms with Gasteiger partial charge in [0.25, 0.3) is 0 Å². The Kier molecular flexibility index (Phi) is 5.08. The summed E-state index contributed by atoms with van der Waals surface area (Å²) in [6, 6.07) is 15.1. The van der Waals surface area contributed by atoms with Crippen LogP contribution in [-0.4, -0.2) is 27.2 Å². The molecule has 6 nitrogen and oxygen atoms in total. The summed E-state index contributed by atoms with van der Waals surface area (Å²) < 4.78 is 13.0. The van der Waals surface area contributed by atoms with E-state index in [1.165, 1.54) is 16.2 Å². The second-order valence-electron chi connectivity index (χ2n) is 5.67. The molecule has 136 valence electrons. The van der Waals surface area contributed by atoms with Crippen molar-refractivity contribution in [3.05, 3.63) is 66.5 Å². The molecule has 2 aromatic heterocycles. The first kappa shape index (κ1) is 17.9. The minimum absolute atomic E-state index is 0.408. The number of benzene rings is 2. The zero-order valence-corrected chi connectivity index (χ0v) is 17.2. The number of halogens is 1. The number of rotatable bonds is 5. The number of methoxy groups -OCH3 is 1. The van der Waals surface area contributed by atoms with Crippen LogP contribution in [0.1, 0.15) is 10.4 Å². The highest BCUT2D eigenvalue weighted by Crippen LogP contribution is 2.35. The molecule has 4 aromatic rings. The predicted octanol–water partition coefficient (Wildman–Crippen LogP) is 5.46. The summed E-state index contributed by atoms with van der Waals surface area (Å²) in [6.07, 6.45) is 3.61. The average molecular weight is 491 g/mol. The molecule has 0 aliphatic rings. The van der Waals surface area contributed by atoms with Crippen LogP contribution in [0.25, 0.3) is 22.2 Å². The molecule has 2 heterocycles. The number of carbonyl (C=O) groups is 1. The maximum atomic E-state index is 12.5. The second-order valence-corrected chi connectivity index (χ2v) is 7.39. The molecule has 0 atom stereocenters. The Morgan fingerprint density at radius 1 is 1.22 bits per heavy atom. The van der Waals surface area contributed by atoms with Crippen molar-refractivity contribution < 1.29 is 14.3 Å². The summed E-state index contributed by atoms with van der Waals surface area (Å²) in [7, 11) is 2.90. The lowest BCUT2D eigenvalue weighted by Gasteiger charge is -2.12. The molecule has 1 N–H and O–H groups in total. The zero-order valence-electron chi connectivity index (χ0n) is 14.2. The van der Waals surface area contributed by atoms with Crippen LogP contribution in [0.2, 0.25) is 0 Å². The predicted molar refractivity (Wildman–Crippen MR) is 114 cm³/mol. The SMILES string of the molecule is COC(=O)c1c(Oc2cccc(-c3ccn[nH]3)c2)ccc2c1ccn2SI. The summed E-state index contributed by atoms with van der Waals surface area (Å²) in [5.41, 5.74) is 3.16. The average Bonchev–Trinajstić information content (AvgIpc) is 3.37. The Morgan fingerprint density at radius 3 is 2.85 bits per heavy atom. The highest BCUT2D eigenvalue weighted by molar-refractivity contribution is 14.2. The summed E-state index contributed by atoms with van der Waals surface area (Å²) in [5, 5.41) is 7.69. The Morgan fingerprint density at radius 2 is 2.11 bits per heavy atom. The third-order valence-corrected chi connectivity index (χ3v) is 5.88. The summed E-state index contributed by atoms with van der Waals surface area (Å²) in [6.45, 7) is 0. The third kappa shape index (κ3) is 3.42. The van der Waals surface area contributed by atoms with Crippen LogP contribution >= 0.6 is 30.3 Å². The molecule has 0 aliphatic heterocycles. The molecule has 4 rings (SSSR count). The smallest absolute Gasteiger partial charge is 0.342 e. The summed E-state index contributed by atoms with van der Waals surface area (Å²) >= 11 is 2.20. The van der Waals surface area contributed by atoms with Gasteiger partial charge in [0, 0.05) is 53.7 Å². The number of hydrogen-bond acceptors (Lipinski definition) is 5. The standard InChI is InChI=1S/C19H14IN3O3S/c1-25-19(24)18-14-8-10-23(27-20)16(14)5-6-17(18)26-13-4-2-3-12(11-13)15-7-9-21-22-15/h2-11H,1H3,(H,21,22). The largest absolute Gasteiger partial charge is 0.465 e. The molecule has 0 radical (unpaired) electrons. The first-order chi connectivity index (χ1) is 13.2. The lowest BCUT2D eigenvalue weighted by molar-refractivity contribution is 0.0600. The molecule has 0 saturated heterocycles. The first-order valence-electron chi connectivity index (χ1n) is 8.00. The minimum atomic E-state index is -0.434. The number of nitrogens with one attached hydrogen (secondary N) is 1. The highest BCUT2D eigenvalue weighted by atomic mass is 127. The van der Waals surface area contributed by atoms with E-state index in [1.807, 2.05) is 52.6 Å². The number of aromatic amines is 1. The number of esters is 1. The van der Waals surface area contributed by atoms with E-state index in [0.29, 0.717) is 17.1 Å². The first-order valence-corrected chi connectivity index (χ1v) is 11.3. The number of fused-ring (bicyclic) bond motifs is 1. The fourth-order valence-corrected chi connectivity index (χ4v) is 4.27.